The van der Waals surface area contributed by atoms with Crippen molar-refractivity contribution < 1.29 is 4.74 Å². The zero-order valence-corrected chi connectivity index (χ0v) is 14.4. The summed E-state index contributed by atoms with van der Waals surface area (Å²) in [6, 6.07) is 4.80. The van der Waals surface area contributed by atoms with Gasteiger partial charge in [-0.2, -0.15) is 0 Å². The lowest BCUT2D eigenvalue weighted by Crippen LogP contribution is -2.48. The third-order valence-electron chi connectivity index (χ3n) is 4.74. The lowest BCUT2D eigenvalue weighted by atomic mass is 9.68. The van der Waals surface area contributed by atoms with Crippen molar-refractivity contribution in [2.45, 2.75) is 65.0 Å². The fourth-order valence-corrected chi connectivity index (χ4v) is 4.52. The van der Waals surface area contributed by atoms with Gasteiger partial charge in [0.1, 0.15) is 0 Å². The zero-order valence-electron chi connectivity index (χ0n) is 13.6. The monoisotopic (exact) mass is 295 g/mol. The SMILES string of the molecule is CCOC1(C(NC)c2ccc(C)s2)CCC(C)(C)CC1. The van der Waals surface area contributed by atoms with Crippen LogP contribution in [0, 0.1) is 12.3 Å². The third kappa shape index (κ3) is 3.26. The average Bonchev–Trinajstić information content (AvgIpc) is 2.81. The molecule has 2 nitrogen and oxygen atoms in total. The first-order valence-corrected chi connectivity index (χ1v) is 8.62. The van der Waals surface area contributed by atoms with Gasteiger partial charge in [-0.05, 0) is 64.1 Å². The van der Waals surface area contributed by atoms with E-state index < -0.39 is 0 Å². The van der Waals surface area contributed by atoms with E-state index in [2.05, 4.69) is 52.2 Å². The lowest BCUT2D eigenvalue weighted by molar-refractivity contribution is -0.106. The Morgan fingerprint density at radius 1 is 1.25 bits per heavy atom. The van der Waals surface area contributed by atoms with Crippen molar-refractivity contribution in [3.05, 3.63) is 21.9 Å². The van der Waals surface area contributed by atoms with Crippen LogP contribution < -0.4 is 5.32 Å². The molecule has 0 aliphatic heterocycles. The smallest absolute Gasteiger partial charge is 0.0884 e. The first-order chi connectivity index (χ1) is 9.42. The van der Waals surface area contributed by atoms with Crippen molar-refractivity contribution in [3.8, 4) is 0 Å². The van der Waals surface area contributed by atoms with Crippen LogP contribution in [0.5, 0.6) is 0 Å². The van der Waals surface area contributed by atoms with E-state index in [0.717, 1.165) is 19.4 Å². The van der Waals surface area contributed by atoms with Gasteiger partial charge in [-0.25, -0.2) is 0 Å². The highest BCUT2D eigenvalue weighted by atomic mass is 32.1. The maximum Gasteiger partial charge on any atom is 0.0884 e. The van der Waals surface area contributed by atoms with Gasteiger partial charge < -0.3 is 10.1 Å². The number of thiophene rings is 1. The topological polar surface area (TPSA) is 21.3 Å². The van der Waals surface area contributed by atoms with Crippen LogP contribution in [-0.4, -0.2) is 19.3 Å². The predicted octanol–water partition coefficient (Wildman–Crippen LogP) is 4.69. The first-order valence-electron chi connectivity index (χ1n) is 7.80. The molecule has 1 saturated carbocycles. The third-order valence-corrected chi connectivity index (χ3v) is 5.81. The summed E-state index contributed by atoms with van der Waals surface area (Å²) >= 11 is 1.90. The van der Waals surface area contributed by atoms with Crippen molar-refractivity contribution in [2.24, 2.45) is 5.41 Å². The highest BCUT2D eigenvalue weighted by Crippen LogP contribution is 2.48. The molecule has 1 atom stereocenters. The Hall–Kier alpha value is -0.380. The minimum absolute atomic E-state index is 0.0314. The molecule has 0 aromatic carbocycles. The lowest BCUT2D eigenvalue weighted by Gasteiger charge is -2.47. The molecular formula is C17H29NOS. The Morgan fingerprint density at radius 2 is 1.90 bits per heavy atom. The molecule has 2 rings (SSSR count). The van der Waals surface area contributed by atoms with Crippen molar-refractivity contribution >= 4 is 11.3 Å². The molecule has 0 saturated heterocycles. The molecule has 114 valence electrons. The normalized spacial score (nSPS) is 22.6. The van der Waals surface area contributed by atoms with Gasteiger partial charge in [-0.3, -0.25) is 0 Å². The molecule has 1 heterocycles. The maximum atomic E-state index is 6.32. The van der Waals surface area contributed by atoms with E-state index in [1.165, 1.54) is 22.6 Å². The van der Waals surface area contributed by atoms with Crippen molar-refractivity contribution in [2.75, 3.05) is 13.7 Å². The molecule has 0 bridgehead atoms. The molecule has 1 aliphatic rings. The van der Waals surface area contributed by atoms with Gasteiger partial charge >= 0.3 is 0 Å². The van der Waals surface area contributed by atoms with Crippen LogP contribution in [0.3, 0.4) is 0 Å². The maximum absolute atomic E-state index is 6.32. The Kier molecular flexibility index (Phi) is 4.93. The van der Waals surface area contributed by atoms with Crippen molar-refractivity contribution in [1.29, 1.82) is 0 Å². The van der Waals surface area contributed by atoms with Gasteiger partial charge in [0, 0.05) is 16.4 Å². The van der Waals surface area contributed by atoms with Gasteiger partial charge in [0.15, 0.2) is 0 Å². The molecule has 1 N–H and O–H groups in total. The minimum atomic E-state index is -0.0314. The zero-order chi connectivity index (χ0) is 14.8. The van der Waals surface area contributed by atoms with Gasteiger partial charge in [-0.15, -0.1) is 11.3 Å². The number of aryl methyl sites for hydroxylation is 1. The van der Waals surface area contributed by atoms with E-state index in [9.17, 15) is 0 Å². The van der Waals surface area contributed by atoms with E-state index in [-0.39, 0.29) is 5.60 Å². The second kappa shape index (κ2) is 6.17. The summed E-state index contributed by atoms with van der Waals surface area (Å²) in [5.41, 5.74) is 0.431. The highest BCUT2D eigenvalue weighted by Gasteiger charge is 2.45. The standard InChI is InChI=1S/C17H29NOS/c1-6-19-17(11-9-16(3,4)10-12-17)15(18-5)14-8-7-13(2)20-14/h7-8,15,18H,6,9-12H2,1-5H3. The quantitative estimate of drug-likeness (QED) is 0.850. The molecule has 1 unspecified atom stereocenters. The van der Waals surface area contributed by atoms with Crippen LogP contribution >= 0.6 is 11.3 Å². The van der Waals surface area contributed by atoms with Crippen LogP contribution in [0.25, 0.3) is 0 Å². The summed E-state index contributed by atoms with van der Waals surface area (Å²) in [5, 5.41) is 3.54. The molecule has 1 aromatic heterocycles. The number of ether oxygens (including phenoxy) is 1. The minimum Gasteiger partial charge on any atom is -0.373 e. The number of likely N-dealkylation sites (N-methyl/N-ethyl adjacent to an activating group) is 1. The molecule has 1 aliphatic carbocycles. The van der Waals surface area contributed by atoms with Gasteiger partial charge in [0.2, 0.25) is 0 Å². The van der Waals surface area contributed by atoms with Gasteiger partial charge in [0.05, 0.1) is 11.6 Å². The fourth-order valence-electron chi connectivity index (χ4n) is 3.43. The van der Waals surface area contributed by atoms with E-state index in [1.54, 1.807) is 0 Å². The van der Waals surface area contributed by atoms with Crippen LogP contribution in [0.1, 0.15) is 62.3 Å². The molecular weight excluding hydrogens is 266 g/mol. The van der Waals surface area contributed by atoms with E-state index in [1.807, 2.05) is 11.3 Å². The predicted molar refractivity (Wildman–Crippen MR) is 87.5 cm³/mol. The molecule has 0 amide bonds. The number of hydrogen-bond acceptors (Lipinski definition) is 3. The summed E-state index contributed by atoms with van der Waals surface area (Å²) in [5.74, 6) is 0. The molecule has 0 spiro atoms. The van der Waals surface area contributed by atoms with Crippen LogP contribution in [-0.2, 0) is 4.74 Å². The van der Waals surface area contributed by atoms with Gasteiger partial charge in [0.25, 0.3) is 0 Å². The largest absolute Gasteiger partial charge is 0.373 e. The Bertz CT molecular complexity index is 428. The molecule has 0 radical (unpaired) electrons. The molecule has 1 aromatic rings. The summed E-state index contributed by atoms with van der Waals surface area (Å²) in [4.78, 5) is 2.79. The summed E-state index contributed by atoms with van der Waals surface area (Å²) < 4.78 is 6.32. The summed E-state index contributed by atoms with van der Waals surface area (Å²) in [7, 11) is 2.07. The number of nitrogens with one attached hydrogen (secondary N) is 1. The number of hydrogen-bond donors (Lipinski definition) is 1. The summed E-state index contributed by atoms with van der Waals surface area (Å²) in [6.07, 6.45) is 4.79. The second-order valence-corrected chi connectivity index (χ2v) is 8.15. The first kappa shape index (κ1) is 16.0. The summed E-state index contributed by atoms with van der Waals surface area (Å²) in [6.45, 7) is 9.86. The van der Waals surface area contributed by atoms with Gasteiger partial charge in [-0.1, -0.05) is 13.8 Å². The van der Waals surface area contributed by atoms with E-state index in [0.29, 0.717) is 11.5 Å². The fraction of sp³-hybridized carbons (Fsp3) is 0.765. The molecule has 3 heteroatoms. The van der Waals surface area contributed by atoms with Crippen LogP contribution in [0.2, 0.25) is 0 Å². The van der Waals surface area contributed by atoms with Crippen LogP contribution in [0.15, 0.2) is 12.1 Å². The Morgan fingerprint density at radius 3 is 2.35 bits per heavy atom. The van der Waals surface area contributed by atoms with Crippen molar-refractivity contribution in [1.82, 2.24) is 5.32 Å². The second-order valence-electron chi connectivity index (χ2n) is 6.83. The molecule has 20 heavy (non-hydrogen) atoms. The Labute approximate surface area is 127 Å². The van der Waals surface area contributed by atoms with Crippen molar-refractivity contribution in [3.63, 3.8) is 0 Å². The van der Waals surface area contributed by atoms with E-state index in [4.69, 9.17) is 4.74 Å². The average molecular weight is 295 g/mol. The Balaban J connectivity index is 2.26. The number of rotatable bonds is 5. The van der Waals surface area contributed by atoms with Crippen LogP contribution in [0.4, 0.5) is 0 Å². The highest BCUT2D eigenvalue weighted by molar-refractivity contribution is 7.12. The van der Waals surface area contributed by atoms with E-state index >= 15 is 0 Å². The molecule has 1 fully saturated rings.